The van der Waals surface area contributed by atoms with E-state index in [1.807, 2.05) is 24.3 Å². The first-order valence-corrected chi connectivity index (χ1v) is 4.56. The summed E-state index contributed by atoms with van der Waals surface area (Å²) in [6, 6.07) is 7.66. The third kappa shape index (κ3) is 3.32. The van der Waals surface area contributed by atoms with Crippen LogP contribution in [0, 0.1) is 11.8 Å². The smallest absolute Gasteiger partial charge is 0.382 e. The molecule has 72 valence electrons. The van der Waals surface area contributed by atoms with Crippen molar-refractivity contribution in [3.8, 4) is 11.8 Å². The highest BCUT2D eigenvalue weighted by Crippen LogP contribution is 2.05. The predicted octanol–water partition coefficient (Wildman–Crippen LogP) is 2.08. The summed E-state index contributed by atoms with van der Waals surface area (Å²) < 4.78 is 0. The molecular weight excluding hydrogens is 176 g/mol. The Hall–Kier alpha value is -1.75. The SMILES string of the molecule is CCCc1ccc(C#CC(=O)O)cc1. The molecule has 1 rings (SSSR count). The van der Waals surface area contributed by atoms with Crippen molar-refractivity contribution in [3.05, 3.63) is 35.4 Å². The summed E-state index contributed by atoms with van der Waals surface area (Å²) in [7, 11) is 0. The molecule has 0 heterocycles. The van der Waals surface area contributed by atoms with Crippen molar-refractivity contribution in [2.45, 2.75) is 19.8 Å². The molecule has 0 bridgehead atoms. The molecule has 0 atom stereocenters. The van der Waals surface area contributed by atoms with Gasteiger partial charge in [0, 0.05) is 11.5 Å². The minimum Gasteiger partial charge on any atom is -0.472 e. The first-order chi connectivity index (χ1) is 6.72. The number of carbonyl (C=O) groups is 1. The van der Waals surface area contributed by atoms with Gasteiger partial charge in [-0.3, -0.25) is 0 Å². The summed E-state index contributed by atoms with van der Waals surface area (Å²) in [6.45, 7) is 2.12. The molecule has 14 heavy (non-hydrogen) atoms. The second kappa shape index (κ2) is 5.08. The minimum atomic E-state index is -1.09. The number of carboxylic acid groups (broad SMARTS) is 1. The van der Waals surface area contributed by atoms with Crippen molar-refractivity contribution in [2.24, 2.45) is 0 Å². The van der Waals surface area contributed by atoms with E-state index in [1.54, 1.807) is 0 Å². The zero-order valence-electron chi connectivity index (χ0n) is 8.08. The molecule has 0 saturated heterocycles. The molecule has 0 aliphatic heterocycles. The summed E-state index contributed by atoms with van der Waals surface area (Å²) in [5, 5.41) is 8.34. The van der Waals surface area contributed by atoms with Crippen LogP contribution in [0.5, 0.6) is 0 Å². The second-order valence-corrected chi connectivity index (χ2v) is 3.00. The molecule has 0 aliphatic carbocycles. The Morgan fingerprint density at radius 2 is 2.00 bits per heavy atom. The van der Waals surface area contributed by atoms with Crippen LogP contribution in [-0.2, 0) is 11.2 Å². The summed E-state index contributed by atoms with van der Waals surface area (Å²) in [5.74, 6) is 3.55. The van der Waals surface area contributed by atoms with Gasteiger partial charge in [0.2, 0.25) is 0 Å². The molecule has 0 aliphatic rings. The summed E-state index contributed by atoms with van der Waals surface area (Å²) in [5.41, 5.74) is 2.00. The molecule has 0 amide bonds. The molecule has 0 aromatic heterocycles. The Labute approximate surface area is 83.6 Å². The van der Waals surface area contributed by atoms with Gasteiger partial charge in [-0.1, -0.05) is 31.4 Å². The molecule has 0 unspecified atom stereocenters. The van der Waals surface area contributed by atoms with Gasteiger partial charge in [0.05, 0.1) is 0 Å². The second-order valence-electron chi connectivity index (χ2n) is 3.00. The third-order valence-corrected chi connectivity index (χ3v) is 1.81. The summed E-state index contributed by atoms with van der Waals surface area (Å²) in [4.78, 5) is 10.2. The number of carboxylic acids is 1. The van der Waals surface area contributed by atoms with Crippen molar-refractivity contribution in [1.29, 1.82) is 0 Å². The number of rotatable bonds is 2. The van der Waals surface area contributed by atoms with E-state index in [2.05, 4.69) is 18.8 Å². The molecule has 1 aromatic rings. The zero-order chi connectivity index (χ0) is 10.4. The highest BCUT2D eigenvalue weighted by molar-refractivity contribution is 5.87. The summed E-state index contributed by atoms with van der Waals surface area (Å²) in [6.07, 6.45) is 2.16. The Kier molecular flexibility index (Phi) is 3.75. The van der Waals surface area contributed by atoms with E-state index in [9.17, 15) is 4.79 Å². The number of benzene rings is 1. The topological polar surface area (TPSA) is 37.3 Å². The fourth-order valence-electron chi connectivity index (χ4n) is 1.17. The molecule has 1 N–H and O–H groups in total. The lowest BCUT2D eigenvalue weighted by molar-refractivity contribution is -0.130. The predicted molar refractivity (Wildman–Crippen MR) is 55.0 cm³/mol. The maximum Gasteiger partial charge on any atom is 0.382 e. The largest absolute Gasteiger partial charge is 0.472 e. The number of hydrogen-bond acceptors (Lipinski definition) is 1. The van der Waals surface area contributed by atoms with Crippen LogP contribution < -0.4 is 0 Å². The van der Waals surface area contributed by atoms with Crippen molar-refractivity contribution in [3.63, 3.8) is 0 Å². The molecule has 1 aromatic carbocycles. The van der Waals surface area contributed by atoms with E-state index in [0.29, 0.717) is 0 Å². The van der Waals surface area contributed by atoms with Gasteiger partial charge in [-0.2, -0.15) is 0 Å². The van der Waals surface area contributed by atoms with Gasteiger partial charge in [0.1, 0.15) is 0 Å². The van der Waals surface area contributed by atoms with Gasteiger partial charge in [-0.25, -0.2) is 4.79 Å². The molecule has 2 nitrogen and oxygen atoms in total. The monoisotopic (exact) mass is 188 g/mol. The molecular formula is C12H12O2. The van der Waals surface area contributed by atoms with Gasteiger partial charge >= 0.3 is 5.97 Å². The first kappa shape index (κ1) is 10.3. The first-order valence-electron chi connectivity index (χ1n) is 4.56. The minimum absolute atomic E-state index is 0.743. The fourth-order valence-corrected chi connectivity index (χ4v) is 1.17. The molecule has 2 heteroatoms. The van der Waals surface area contributed by atoms with Gasteiger partial charge < -0.3 is 5.11 Å². The van der Waals surface area contributed by atoms with Crippen LogP contribution in [0.4, 0.5) is 0 Å². The highest BCUT2D eigenvalue weighted by atomic mass is 16.4. The lowest BCUT2D eigenvalue weighted by Gasteiger charge is -1.97. The normalized spacial score (nSPS) is 8.93. The van der Waals surface area contributed by atoms with Crippen LogP contribution in [0.2, 0.25) is 0 Å². The van der Waals surface area contributed by atoms with Gasteiger partial charge in [-0.15, -0.1) is 0 Å². The van der Waals surface area contributed by atoms with Crippen LogP contribution in [0.1, 0.15) is 24.5 Å². The van der Waals surface area contributed by atoms with Crippen molar-refractivity contribution >= 4 is 5.97 Å². The lowest BCUT2D eigenvalue weighted by Crippen LogP contribution is -1.87. The molecule has 0 fully saturated rings. The Morgan fingerprint density at radius 1 is 1.36 bits per heavy atom. The maximum atomic E-state index is 10.2. The number of aryl methyl sites for hydroxylation is 1. The highest BCUT2D eigenvalue weighted by Gasteiger charge is 1.91. The number of hydrogen-bond donors (Lipinski definition) is 1. The number of aliphatic carboxylic acids is 1. The van der Waals surface area contributed by atoms with E-state index >= 15 is 0 Å². The standard InChI is InChI=1S/C12H12O2/c1-2-3-10-4-6-11(7-5-10)8-9-12(13)14/h4-7H,2-3H2,1H3,(H,13,14). The van der Waals surface area contributed by atoms with Gasteiger partial charge in [0.15, 0.2) is 0 Å². The Balaban J connectivity index is 2.75. The van der Waals surface area contributed by atoms with Crippen LogP contribution in [0.15, 0.2) is 24.3 Å². The van der Waals surface area contributed by atoms with Crippen molar-refractivity contribution < 1.29 is 9.90 Å². The molecule has 0 spiro atoms. The van der Waals surface area contributed by atoms with E-state index in [1.165, 1.54) is 5.56 Å². The fraction of sp³-hybridized carbons (Fsp3) is 0.250. The molecule has 0 saturated carbocycles. The van der Waals surface area contributed by atoms with Crippen LogP contribution in [0.3, 0.4) is 0 Å². The maximum absolute atomic E-state index is 10.2. The van der Waals surface area contributed by atoms with Crippen LogP contribution >= 0.6 is 0 Å². The average Bonchev–Trinajstić information content (AvgIpc) is 2.17. The average molecular weight is 188 g/mol. The van der Waals surface area contributed by atoms with Crippen molar-refractivity contribution in [1.82, 2.24) is 0 Å². The Morgan fingerprint density at radius 3 is 2.50 bits per heavy atom. The van der Waals surface area contributed by atoms with E-state index in [4.69, 9.17) is 5.11 Å². The third-order valence-electron chi connectivity index (χ3n) is 1.81. The quantitative estimate of drug-likeness (QED) is 0.721. The summed E-state index contributed by atoms with van der Waals surface area (Å²) >= 11 is 0. The van der Waals surface area contributed by atoms with Crippen LogP contribution in [-0.4, -0.2) is 11.1 Å². The Bertz CT molecular complexity index is 366. The van der Waals surface area contributed by atoms with E-state index in [-0.39, 0.29) is 0 Å². The van der Waals surface area contributed by atoms with Crippen LogP contribution in [0.25, 0.3) is 0 Å². The van der Waals surface area contributed by atoms with E-state index in [0.717, 1.165) is 18.4 Å². The zero-order valence-corrected chi connectivity index (χ0v) is 8.08. The lowest BCUT2D eigenvalue weighted by atomic mass is 10.1. The van der Waals surface area contributed by atoms with Gasteiger partial charge in [0.25, 0.3) is 0 Å². The van der Waals surface area contributed by atoms with Crippen molar-refractivity contribution in [2.75, 3.05) is 0 Å². The van der Waals surface area contributed by atoms with Gasteiger partial charge in [-0.05, 0) is 24.1 Å². The van der Waals surface area contributed by atoms with E-state index < -0.39 is 5.97 Å². The molecule has 0 radical (unpaired) electrons.